The summed E-state index contributed by atoms with van der Waals surface area (Å²) in [6.45, 7) is 3.48. The lowest BCUT2D eigenvalue weighted by molar-refractivity contribution is -0.197. The molecule has 0 atom stereocenters. The first-order valence-corrected chi connectivity index (χ1v) is 8.06. The van der Waals surface area contributed by atoms with Gasteiger partial charge in [0.05, 0.1) is 13.2 Å². The highest BCUT2D eigenvalue weighted by Gasteiger charge is 2.24. The first-order valence-electron chi connectivity index (χ1n) is 8.06. The lowest BCUT2D eigenvalue weighted by atomic mass is 9.80. The summed E-state index contributed by atoms with van der Waals surface area (Å²) in [7, 11) is 0. The van der Waals surface area contributed by atoms with Crippen LogP contribution in [0, 0.1) is 17.8 Å². The minimum atomic E-state index is -1.53. The van der Waals surface area contributed by atoms with E-state index in [2.05, 4.69) is 6.08 Å². The lowest BCUT2D eigenvalue weighted by Crippen LogP contribution is -2.31. The van der Waals surface area contributed by atoms with Crippen LogP contribution in [0.1, 0.15) is 45.4 Å². The zero-order chi connectivity index (χ0) is 15.1. The van der Waals surface area contributed by atoms with E-state index in [9.17, 15) is 8.78 Å². The number of rotatable bonds is 5. The number of hydrogen-bond acceptors (Lipinski definition) is 2. The molecule has 0 amide bonds. The maximum atomic E-state index is 12.2. The Balaban J connectivity index is 1.61. The summed E-state index contributed by atoms with van der Waals surface area (Å²) in [4.78, 5) is 0. The molecule has 0 aromatic rings. The van der Waals surface area contributed by atoms with Crippen molar-refractivity contribution in [1.82, 2.24) is 0 Å². The summed E-state index contributed by atoms with van der Waals surface area (Å²) >= 11 is 0. The summed E-state index contributed by atoms with van der Waals surface area (Å²) in [5.41, 5.74) is 0. The monoisotopic (exact) mass is 300 g/mol. The number of hydrogen-bond donors (Lipinski definition) is 0. The van der Waals surface area contributed by atoms with Crippen molar-refractivity contribution in [3.63, 3.8) is 0 Å². The van der Waals surface area contributed by atoms with Crippen LogP contribution in [0.2, 0.25) is 0 Å². The average molecular weight is 300 g/mol. The molecule has 0 N–H and O–H groups in total. The predicted octanol–water partition coefficient (Wildman–Crippen LogP) is 4.92. The highest BCUT2D eigenvalue weighted by molar-refractivity contribution is 4.91. The van der Waals surface area contributed by atoms with Crippen LogP contribution in [0.15, 0.2) is 24.3 Å². The molecule has 4 heteroatoms. The molecule has 0 unspecified atom stereocenters. The molecule has 1 aliphatic heterocycles. The summed E-state index contributed by atoms with van der Waals surface area (Å²) in [5, 5.41) is 0. The van der Waals surface area contributed by atoms with Gasteiger partial charge in [0.15, 0.2) is 6.29 Å². The first kappa shape index (κ1) is 16.6. The van der Waals surface area contributed by atoms with Gasteiger partial charge >= 0.3 is 0 Å². The van der Waals surface area contributed by atoms with Crippen molar-refractivity contribution in [2.45, 2.75) is 51.7 Å². The van der Waals surface area contributed by atoms with E-state index in [1.165, 1.54) is 0 Å². The van der Waals surface area contributed by atoms with Gasteiger partial charge in [0.25, 0.3) is 6.08 Å². The van der Waals surface area contributed by atoms with Gasteiger partial charge in [-0.05, 0) is 63.4 Å². The Labute approximate surface area is 126 Å². The molecule has 1 heterocycles. The van der Waals surface area contributed by atoms with Crippen molar-refractivity contribution >= 4 is 0 Å². The predicted molar refractivity (Wildman–Crippen MR) is 79.0 cm³/mol. The van der Waals surface area contributed by atoms with Gasteiger partial charge in [0.2, 0.25) is 0 Å². The maximum Gasteiger partial charge on any atom is 0.266 e. The van der Waals surface area contributed by atoms with Crippen LogP contribution in [-0.2, 0) is 9.47 Å². The maximum absolute atomic E-state index is 12.2. The van der Waals surface area contributed by atoms with E-state index in [1.807, 2.05) is 13.0 Å². The van der Waals surface area contributed by atoms with Crippen molar-refractivity contribution in [2.75, 3.05) is 13.2 Å². The summed E-state index contributed by atoms with van der Waals surface area (Å²) in [6.07, 6.45) is 9.54. The smallest absolute Gasteiger partial charge is 0.266 e. The van der Waals surface area contributed by atoms with Crippen molar-refractivity contribution in [3.05, 3.63) is 24.3 Å². The van der Waals surface area contributed by atoms with Gasteiger partial charge in [-0.1, -0.05) is 12.2 Å². The van der Waals surface area contributed by atoms with Gasteiger partial charge in [-0.2, -0.15) is 8.78 Å². The Bertz CT molecular complexity index is 348. The van der Waals surface area contributed by atoms with Gasteiger partial charge < -0.3 is 9.47 Å². The second-order valence-corrected chi connectivity index (χ2v) is 6.20. The Hall–Kier alpha value is -0.740. The van der Waals surface area contributed by atoms with Crippen LogP contribution in [-0.4, -0.2) is 19.5 Å². The van der Waals surface area contributed by atoms with E-state index in [0.717, 1.165) is 57.8 Å². The molecule has 1 saturated carbocycles. The minimum Gasteiger partial charge on any atom is -0.352 e. The highest BCUT2D eigenvalue weighted by atomic mass is 19.3. The second-order valence-electron chi connectivity index (χ2n) is 6.20. The molecule has 21 heavy (non-hydrogen) atoms. The third-order valence-corrected chi connectivity index (χ3v) is 4.52. The van der Waals surface area contributed by atoms with Gasteiger partial charge in [0, 0.05) is 5.92 Å². The summed E-state index contributed by atoms with van der Waals surface area (Å²) in [6, 6.07) is 0. The average Bonchev–Trinajstić information content (AvgIpc) is 2.48. The molecule has 0 radical (unpaired) electrons. The molecule has 0 aromatic heterocycles. The molecule has 2 rings (SSSR count). The largest absolute Gasteiger partial charge is 0.352 e. The Kier molecular flexibility index (Phi) is 6.84. The zero-order valence-electron chi connectivity index (χ0n) is 12.8. The van der Waals surface area contributed by atoms with Crippen molar-refractivity contribution in [2.24, 2.45) is 17.8 Å². The van der Waals surface area contributed by atoms with E-state index < -0.39 is 6.08 Å². The van der Waals surface area contributed by atoms with E-state index in [-0.39, 0.29) is 12.2 Å². The molecule has 0 aromatic carbocycles. The van der Waals surface area contributed by atoms with Gasteiger partial charge in [-0.3, -0.25) is 0 Å². The second kappa shape index (κ2) is 8.64. The SMILES string of the molecule is C/C=C/C1COC(CCC2CCC(C=C(F)F)CC2)OC1. The van der Waals surface area contributed by atoms with Crippen LogP contribution >= 0.6 is 0 Å². The molecule has 0 spiro atoms. The molecule has 2 aliphatic rings. The fraction of sp³-hybridized carbons (Fsp3) is 0.765. The molecular weight excluding hydrogens is 274 g/mol. The molecular formula is C17H26F2O2. The van der Waals surface area contributed by atoms with Gasteiger partial charge in [-0.15, -0.1) is 0 Å². The summed E-state index contributed by atoms with van der Waals surface area (Å²) < 4.78 is 35.9. The van der Waals surface area contributed by atoms with Gasteiger partial charge in [-0.25, -0.2) is 0 Å². The quantitative estimate of drug-likeness (QED) is 0.671. The number of halogens is 2. The molecule has 2 nitrogen and oxygen atoms in total. The normalized spacial score (nSPS) is 34.0. The lowest BCUT2D eigenvalue weighted by Gasteiger charge is -2.31. The van der Waals surface area contributed by atoms with Crippen molar-refractivity contribution in [1.29, 1.82) is 0 Å². The highest BCUT2D eigenvalue weighted by Crippen LogP contribution is 2.33. The molecule has 0 bridgehead atoms. The molecule has 1 aliphatic carbocycles. The van der Waals surface area contributed by atoms with E-state index >= 15 is 0 Å². The standard InChI is InChI=1S/C17H26F2O2/c1-2-3-15-11-20-17(21-12-15)9-8-13-4-6-14(7-5-13)10-16(18)19/h2-3,10,13-15,17H,4-9,11-12H2,1H3/b3-2+. The van der Waals surface area contributed by atoms with E-state index in [1.54, 1.807) is 0 Å². The van der Waals surface area contributed by atoms with Crippen LogP contribution in [0.3, 0.4) is 0 Å². The minimum absolute atomic E-state index is 0.0765. The topological polar surface area (TPSA) is 18.5 Å². The number of allylic oxidation sites excluding steroid dienone is 2. The fourth-order valence-electron chi connectivity index (χ4n) is 3.30. The van der Waals surface area contributed by atoms with Crippen molar-refractivity contribution < 1.29 is 18.3 Å². The Morgan fingerprint density at radius 3 is 2.24 bits per heavy atom. The first-order chi connectivity index (χ1) is 10.2. The van der Waals surface area contributed by atoms with E-state index in [4.69, 9.17) is 9.47 Å². The van der Waals surface area contributed by atoms with Crippen LogP contribution in [0.5, 0.6) is 0 Å². The van der Waals surface area contributed by atoms with Crippen LogP contribution in [0.25, 0.3) is 0 Å². The molecule has 2 fully saturated rings. The van der Waals surface area contributed by atoms with E-state index in [0.29, 0.717) is 11.8 Å². The Morgan fingerprint density at radius 2 is 1.67 bits per heavy atom. The molecule has 120 valence electrons. The van der Waals surface area contributed by atoms with Gasteiger partial charge in [0.1, 0.15) is 0 Å². The molecule has 1 saturated heterocycles. The zero-order valence-corrected chi connectivity index (χ0v) is 12.8. The third kappa shape index (κ3) is 5.87. The Morgan fingerprint density at radius 1 is 1.00 bits per heavy atom. The third-order valence-electron chi connectivity index (χ3n) is 4.52. The number of ether oxygens (including phenoxy) is 2. The van der Waals surface area contributed by atoms with Crippen LogP contribution < -0.4 is 0 Å². The van der Waals surface area contributed by atoms with Crippen LogP contribution in [0.4, 0.5) is 8.78 Å². The fourth-order valence-corrected chi connectivity index (χ4v) is 3.30. The summed E-state index contributed by atoms with van der Waals surface area (Å²) in [5.74, 6) is 1.09. The van der Waals surface area contributed by atoms with Crippen molar-refractivity contribution in [3.8, 4) is 0 Å².